The van der Waals surface area contributed by atoms with Gasteiger partial charge in [-0.2, -0.15) is 0 Å². The molecule has 2 N–H and O–H groups in total. The molecule has 0 bridgehead atoms. The Hall–Kier alpha value is -1.85. The van der Waals surface area contributed by atoms with Crippen LogP contribution >= 0.6 is 0 Å². The molecule has 0 fully saturated rings. The molecule has 6 nitrogen and oxygen atoms in total. The van der Waals surface area contributed by atoms with Crippen molar-refractivity contribution in [1.82, 2.24) is 14.9 Å². The highest BCUT2D eigenvalue weighted by atomic mass is 16.4. The van der Waals surface area contributed by atoms with Gasteiger partial charge in [0.2, 0.25) is 0 Å². The van der Waals surface area contributed by atoms with Crippen molar-refractivity contribution in [3.8, 4) is 0 Å². The average molecular weight is 267 g/mol. The number of carboxylic acids is 1. The van der Waals surface area contributed by atoms with Crippen LogP contribution in [0, 0.1) is 11.8 Å². The number of nitrogens with one attached hydrogen (secondary N) is 1. The number of imidazole rings is 1. The molecule has 19 heavy (non-hydrogen) atoms. The van der Waals surface area contributed by atoms with Gasteiger partial charge < -0.3 is 15.0 Å². The fourth-order valence-corrected chi connectivity index (χ4v) is 2.01. The number of aromatic nitrogens is 2. The van der Waals surface area contributed by atoms with Crippen molar-refractivity contribution in [1.29, 1.82) is 0 Å². The number of nitrogens with zero attached hydrogens (tertiary/aromatic N) is 2. The molecule has 1 heterocycles. The molecule has 1 rings (SSSR count). The third-order valence-electron chi connectivity index (χ3n) is 2.76. The van der Waals surface area contributed by atoms with E-state index in [1.165, 1.54) is 0 Å². The van der Waals surface area contributed by atoms with Gasteiger partial charge in [-0.25, -0.2) is 4.98 Å². The van der Waals surface area contributed by atoms with Crippen LogP contribution < -0.4 is 5.32 Å². The van der Waals surface area contributed by atoms with Gasteiger partial charge in [0.05, 0.1) is 6.33 Å². The van der Waals surface area contributed by atoms with Crippen molar-refractivity contribution in [2.24, 2.45) is 18.9 Å². The number of aryl methyl sites for hydroxylation is 1. The molecule has 1 unspecified atom stereocenters. The number of carboxylic acid groups (broad SMARTS) is 1. The SMILES string of the molecule is CC(C)CC(CNC(=O)c1cn(C)cn1)CC(=O)O. The average Bonchev–Trinajstić information content (AvgIpc) is 2.71. The van der Waals surface area contributed by atoms with Gasteiger partial charge in [-0.1, -0.05) is 13.8 Å². The highest BCUT2D eigenvalue weighted by molar-refractivity contribution is 5.92. The third kappa shape index (κ3) is 5.54. The van der Waals surface area contributed by atoms with E-state index < -0.39 is 5.97 Å². The Morgan fingerprint density at radius 2 is 2.16 bits per heavy atom. The van der Waals surface area contributed by atoms with E-state index in [0.717, 1.165) is 6.42 Å². The van der Waals surface area contributed by atoms with Gasteiger partial charge in [0.25, 0.3) is 5.91 Å². The fourth-order valence-electron chi connectivity index (χ4n) is 2.01. The zero-order valence-electron chi connectivity index (χ0n) is 11.6. The minimum absolute atomic E-state index is 0.0508. The lowest BCUT2D eigenvalue weighted by Gasteiger charge is -2.17. The summed E-state index contributed by atoms with van der Waals surface area (Å²) in [6.07, 6.45) is 4.03. The minimum Gasteiger partial charge on any atom is -0.481 e. The van der Waals surface area contributed by atoms with Gasteiger partial charge in [-0.05, 0) is 18.3 Å². The van der Waals surface area contributed by atoms with E-state index in [1.54, 1.807) is 24.1 Å². The molecule has 0 aromatic carbocycles. The second-order valence-corrected chi connectivity index (χ2v) is 5.23. The maximum absolute atomic E-state index is 11.8. The largest absolute Gasteiger partial charge is 0.481 e. The van der Waals surface area contributed by atoms with E-state index in [-0.39, 0.29) is 18.2 Å². The Bertz CT molecular complexity index is 440. The fraction of sp³-hybridized carbons (Fsp3) is 0.615. The molecule has 1 atom stereocenters. The Labute approximate surface area is 112 Å². The number of aliphatic carboxylic acids is 1. The predicted molar refractivity (Wildman–Crippen MR) is 70.7 cm³/mol. The van der Waals surface area contributed by atoms with Crippen LogP contribution in [0.25, 0.3) is 0 Å². The first-order valence-electron chi connectivity index (χ1n) is 6.36. The molecule has 0 aliphatic carbocycles. The highest BCUT2D eigenvalue weighted by Crippen LogP contribution is 2.14. The van der Waals surface area contributed by atoms with Crippen LogP contribution in [0.4, 0.5) is 0 Å². The molecular weight excluding hydrogens is 246 g/mol. The molecule has 0 radical (unpaired) electrons. The van der Waals surface area contributed by atoms with E-state index in [1.807, 2.05) is 13.8 Å². The highest BCUT2D eigenvalue weighted by Gasteiger charge is 2.17. The third-order valence-corrected chi connectivity index (χ3v) is 2.76. The lowest BCUT2D eigenvalue weighted by molar-refractivity contribution is -0.138. The number of hydrogen-bond donors (Lipinski definition) is 2. The predicted octanol–water partition coefficient (Wildman–Crippen LogP) is 1.29. The maximum Gasteiger partial charge on any atom is 0.303 e. The van der Waals surface area contributed by atoms with Crippen LogP contribution in [0.2, 0.25) is 0 Å². The number of carbonyl (C=O) groups excluding carboxylic acids is 1. The van der Waals surface area contributed by atoms with Gasteiger partial charge in [0.15, 0.2) is 0 Å². The summed E-state index contributed by atoms with van der Waals surface area (Å²) in [7, 11) is 1.79. The molecule has 1 aromatic rings. The van der Waals surface area contributed by atoms with Crippen molar-refractivity contribution in [3.05, 3.63) is 18.2 Å². The first kappa shape index (κ1) is 15.2. The lowest BCUT2D eigenvalue weighted by Crippen LogP contribution is -2.31. The molecule has 6 heteroatoms. The van der Waals surface area contributed by atoms with E-state index in [4.69, 9.17) is 5.11 Å². The number of carbonyl (C=O) groups is 2. The standard InChI is InChI=1S/C13H21N3O3/c1-9(2)4-10(5-12(17)18)6-14-13(19)11-7-16(3)8-15-11/h7-10H,4-6H2,1-3H3,(H,14,19)(H,17,18). The second-order valence-electron chi connectivity index (χ2n) is 5.23. The first-order chi connectivity index (χ1) is 8.88. The normalized spacial score (nSPS) is 12.4. The minimum atomic E-state index is -0.835. The molecule has 0 saturated carbocycles. The number of amides is 1. The molecule has 0 aliphatic heterocycles. The van der Waals surface area contributed by atoms with Gasteiger partial charge in [0.1, 0.15) is 5.69 Å². The molecule has 0 saturated heterocycles. The van der Waals surface area contributed by atoms with E-state index >= 15 is 0 Å². The molecular formula is C13H21N3O3. The summed E-state index contributed by atoms with van der Waals surface area (Å²) in [6.45, 7) is 4.44. The summed E-state index contributed by atoms with van der Waals surface area (Å²) in [6, 6.07) is 0. The van der Waals surface area contributed by atoms with Crippen LogP contribution in [0.15, 0.2) is 12.5 Å². The summed E-state index contributed by atoms with van der Waals surface area (Å²) in [5.74, 6) is -0.751. The van der Waals surface area contributed by atoms with Crippen molar-refractivity contribution in [3.63, 3.8) is 0 Å². The lowest BCUT2D eigenvalue weighted by atomic mass is 9.94. The Morgan fingerprint density at radius 1 is 1.47 bits per heavy atom. The Balaban J connectivity index is 2.50. The van der Waals surface area contributed by atoms with E-state index in [2.05, 4.69) is 10.3 Å². The monoisotopic (exact) mass is 267 g/mol. The van der Waals surface area contributed by atoms with Gasteiger partial charge in [0, 0.05) is 26.2 Å². The summed E-state index contributed by atoms with van der Waals surface area (Å²) >= 11 is 0. The van der Waals surface area contributed by atoms with E-state index in [9.17, 15) is 9.59 Å². The zero-order chi connectivity index (χ0) is 14.4. The molecule has 0 spiro atoms. The van der Waals surface area contributed by atoms with Crippen LogP contribution in [0.5, 0.6) is 0 Å². The Kier molecular flexibility index (Phi) is 5.54. The van der Waals surface area contributed by atoms with Gasteiger partial charge >= 0.3 is 5.97 Å². The summed E-state index contributed by atoms with van der Waals surface area (Å²) in [4.78, 5) is 26.5. The van der Waals surface area contributed by atoms with Crippen molar-refractivity contribution in [2.45, 2.75) is 26.7 Å². The Morgan fingerprint density at radius 3 is 2.63 bits per heavy atom. The number of hydrogen-bond acceptors (Lipinski definition) is 3. The van der Waals surface area contributed by atoms with Crippen molar-refractivity contribution in [2.75, 3.05) is 6.54 Å². The number of rotatable bonds is 7. The molecule has 0 aliphatic rings. The van der Waals surface area contributed by atoms with Crippen LogP contribution in [0.1, 0.15) is 37.2 Å². The zero-order valence-corrected chi connectivity index (χ0v) is 11.6. The second kappa shape index (κ2) is 6.92. The van der Waals surface area contributed by atoms with Gasteiger partial charge in [-0.3, -0.25) is 9.59 Å². The van der Waals surface area contributed by atoms with E-state index in [0.29, 0.717) is 18.2 Å². The molecule has 106 valence electrons. The van der Waals surface area contributed by atoms with Crippen molar-refractivity contribution >= 4 is 11.9 Å². The maximum atomic E-state index is 11.8. The summed E-state index contributed by atoms with van der Waals surface area (Å²) in [5, 5.41) is 11.6. The summed E-state index contributed by atoms with van der Waals surface area (Å²) < 4.78 is 1.69. The molecule has 1 aromatic heterocycles. The smallest absolute Gasteiger partial charge is 0.303 e. The van der Waals surface area contributed by atoms with Crippen LogP contribution in [0.3, 0.4) is 0 Å². The van der Waals surface area contributed by atoms with Crippen LogP contribution in [-0.2, 0) is 11.8 Å². The van der Waals surface area contributed by atoms with Crippen LogP contribution in [-0.4, -0.2) is 33.1 Å². The topological polar surface area (TPSA) is 84.2 Å². The van der Waals surface area contributed by atoms with Crippen molar-refractivity contribution < 1.29 is 14.7 Å². The molecule has 1 amide bonds. The first-order valence-corrected chi connectivity index (χ1v) is 6.36. The van der Waals surface area contributed by atoms with Gasteiger partial charge in [-0.15, -0.1) is 0 Å². The quantitative estimate of drug-likeness (QED) is 0.779. The summed E-state index contributed by atoms with van der Waals surface area (Å²) in [5.41, 5.74) is 0.348.